The molecule has 6 heteroatoms. The van der Waals surface area contributed by atoms with E-state index in [-0.39, 0.29) is 24.9 Å². The molecule has 0 radical (unpaired) electrons. The van der Waals surface area contributed by atoms with E-state index in [0.717, 1.165) is 64.2 Å². The first-order valence-corrected chi connectivity index (χ1v) is 29.2. The Balaban J connectivity index is 4.57. The minimum absolute atomic E-state index is 0.0652. The smallest absolute Gasteiger partial charge is 0.306 e. The van der Waals surface area contributed by atoms with Crippen molar-refractivity contribution >= 4 is 11.9 Å². The molecule has 0 bridgehead atoms. The van der Waals surface area contributed by atoms with Crippen molar-refractivity contribution in [1.82, 2.24) is 5.32 Å². The van der Waals surface area contributed by atoms with Gasteiger partial charge in [0, 0.05) is 6.42 Å². The SMILES string of the molecule is CCCCC/C=C/C=C/CCCCCCCCC(=O)OC(CCCCC/C=C/CCCCCCCCCCC)CC(=O)NC(CO)C(O)CCCCCCCCCCCCCCCCCC. The van der Waals surface area contributed by atoms with Crippen LogP contribution in [-0.4, -0.2) is 46.9 Å². The minimum Gasteiger partial charge on any atom is -0.462 e. The Bertz CT molecular complexity index is 1090. The summed E-state index contributed by atoms with van der Waals surface area (Å²) in [6.45, 7) is 6.48. The maximum atomic E-state index is 13.3. The third kappa shape index (κ3) is 48.5. The second kappa shape index (κ2) is 54.0. The number of aliphatic hydroxyl groups is 2. The van der Waals surface area contributed by atoms with Crippen molar-refractivity contribution in [3.05, 3.63) is 36.5 Å². The van der Waals surface area contributed by atoms with E-state index in [1.807, 2.05) is 0 Å². The van der Waals surface area contributed by atoms with Crippen molar-refractivity contribution in [3.63, 3.8) is 0 Å². The van der Waals surface area contributed by atoms with Crippen LogP contribution in [0.1, 0.15) is 310 Å². The van der Waals surface area contributed by atoms with Crippen LogP contribution >= 0.6 is 0 Å². The largest absolute Gasteiger partial charge is 0.462 e. The zero-order chi connectivity index (χ0) is 48.1. The molecule has 0 aromatic heterocycles. The van der Waals surface area contributed by atoms with Crippen LogP contribution < -0.4 is 5.32 Å². The second-order valence-corrected chi connectivity index (χ2v) is 20.1. The summed E-state index contributed by atoms with van der Waals surface area (Å²) in [6, 6.07) is -0.708. The van der Waals surface area contributed by atoms with Gasteiger partial charge in [0.25, 0.3) is 0 Å². The standard InChI is InChI=1S/C60H113NO5/c1-4-7-10-13-16-19-22-25-28-31-33-36-39-42-45-48-51-56(66-60(65)53-50-47-44-41-38-35-30-27-24-21-18-15-12-9-6-3)54-59(64)61-57(55-62)58(63)52-49-46-43-40-37-34-32-29-26-23-20-17-14-11-8-5-2/h18,21,24,27,33,36,56-58,62-63H,4-17,19-20,22-23,25-26,28-32,34-35,37-55H2,1-3H3,(H,61,64)/b21-18+,27-24+,36-33+. The maximum absolute atomic E-state index is 13.3. The van der Waals surface area contributed by atoms with Crippen molar-refractivity contribution < 1.29 is 24.5 Å². The molecule has 0 aliphatic carbocycles. The van der Waals surface area contributed by atoms with Crippen LogP contribution in [-0.2, 0) is 14.3 Å². The third-order valence-corrected chi connectivity index (χ3v) is 13.5. The molecule has 0 aromatic rings. The van der Waals surface area contributed by atoms with E-state index in [2.05, 4.69) is 62.5 Å². The average molecular weight is 929 g/mol. The molecule has 0 heterocycles. The van der Waals surface area contributed by atoms with Gasteiger partial charge in [-0.2, -0.15) is 0 Å². The highest BCUT2D eigenvalue weighted by Crippen LogP contribution is 2.18. The van der Waals surface area contributed by atoms with Gasteiger partial charge in [0.15, 0.2) is 0 Å². The minimum atomic E-state index is -0.793. The predicted octanol–water partition coefficient (Wildman–Crippen LogP) is 18.0. The van der Waals surface area contributed by atoms with E-state index in [1.165, 1.54) is 199 Å². The topological polar surface area (TPSA) is 95.9 Å². The van der Waals surface area contributed by atoms with Gasteiger partial charge >= 0.3 is 5.97 Å². The summed E-state index contributed by atoms with van der Waals surface area (Å²) in [6.07, 6.45) is 64.9. The molecule has 0 saturated heterocycles. The number of hydrogen-bond acceptors (Lipinski definition) is 5. The van der Waals surface area contributed by atoms with Crippen LogP contribution in [0.4, 0.5) is 0 Å². The molecule has 3 unspecified atom stereocenters. The number of esters is 1. The van der Waals surface area contributed by atoms with Crippen molar-refractivity contribution in [1.29, 1.82) is 0 Å². The molecule has 6 nitrogen and oxygen atoms in total. The van der Waals surface area contributed by atoms with Crippen LogP contribution in [0.3, 0.4) is 0 Å². The van der Waals surface area contributed by atoms with E-state index in [9.17, 15) is 19.8 Å². The van der Waals surface area contributed by atoms with Crippen molar-refractivity contribution in [2.75, 3.05) is 6.61 Å². The third-order valence-electron chi connectivity index (χ3n) is 13.5. The lowest BCUT2D eigenvalue weighted by Gasteiger charge is -2.24. The molecule has 388 valence electrons. The second-order valence-electron chi connectivity index (χ2n) is 20.1. The van der Waals surface area contributed by atoms with E-state index >= 15 is 0 Å². The van der Waals surface area contributed by atoms with E-state index in [1.54, 1.807) is 0 Å². The number of carbonyl (C=O) groups excluding carboxylic acids is 2. The number of allylic oxidation sites excluding steroid dienone is 6. The summed E-state index contributed by atoms with van der Waals surface area (Å²) in [4.78, 5) is 26.3. The monoisotopic (exact) mass is 928 g/mol. The number of carbonyl (C=O) groups is 2. The lowest BCUT2D eigenvalue weighted by Crippen LogP contribution is -2.46. The van der Waals surface area contributed by atoms with E-state index in [0.29, 0.717) is 19.3 Å². The van der Waals surface area contributed by atoms with Gasteiger partial charge in [-0.3, -0.25) is 9.59 Å². The average Bonchev–Trinajstić information content (AvgIpc) is 3.31. The van der Waals surface area contributed by atoms with Gasteiger partial charge in [0.1, 0.15) is 6.10 Å². The van der Waals surface area contributed by atoms with Crippen molar-refractivity contribution in [2.45, 2.75) is 328 Å². The zero-order valence-corrected chi connectivity index (χ0v) is 44.3. The molecule has 0 saturated carbocycles. The Labute approximate surface area is 411 Å². The van der Waals surface area contributed by atoms with Crippen molar-refractivity contribution in [3.8, 4) is 0 Å². The number of hydrogen-bond donors (Lipinski definition) is 3. The highest BCUT2D eigenvalue weighted by molar-refractivity contribution is 5.77. The Morgan fingerprint density at radius 1 is 0.439 bits per heavy atom. The van der Waals surface area contributed by atoms with Crippen LogP contribution in [0.5, 0.6) is 0 Å². The van der Waals surface area contributed by atoms with Gasteiger partial charge in [-0.05, 0) is 77.0 Å². The first kappa shape index (κ1) is 64.1. The Morgan fingerprint density at radius 3 is 1.21 bits per heavy atom. The summed E-state index contributed by atoms with van der Waals surface area (Å²) in [5, 5.41) is 23.9. The van der Waals surface area contributed by atoms with Crippen LogP contribution in [0, 0.1) is 0 Å². The number of amides is 1. The lowest BCUT2D eigenvalue weighted by atomic mass is 10.0. The molecule has 3 N–H and O–H groups in total. The van der Waals surface area contributed by atoms with Gasteiger partial charge in [-0.1, -0.05) is 256 Å². The molecule has 0 aromatic carbocycles. The van der Waals surface area contributed by atoms with Crippen LogP contribution in [0.2, 0.25) is 0 Å². The summed E-state index contributed by atoms with van der Waals surface area (Å²) in [5.74, 6) is -0.488. The van der Waals surface area contributed by atoms with Gasteiger partial charge in [0.05, 0.1) is 25.2 Å². The lowest BCUT2D eigenvalue weighted by molar-refractivity contribution is -0.151. The van der Waals surface area contributed by atoms with E-state index < -0.39 is 18.2 Å². The molecule has 0 rings (SSSR count). The van der Waals surface area contributed by atoms with Crippen LogP contribution in [0.25, 0.3) is 0 Å². The molecule has 3 atom stereocenters. The maximum Gasteiger partial charge on any atom is 0.306 e. The number of rotatable bonds is 53. The fourth-order valence-corrected chi connectivity index (χ4v) is 9.01. The Hall–Kier alpha value is -1.92. The predicted molar refractivity (Wildman–Crippen MR) is 287 cm³/mol. The fourth-order valence-electron chi connectivity index (χ4n) is 9.01. The Kier molecular flexibility index (Phi) is 52.5. The normalized spacial score (nSPS) is 13.3. The summed E-state index contributed by atoms with van der Waals surface area (Å²) >= 11 is 0. The molecule has 0 spiro atoms. The number of ether oxygens (including phenoxy) is 1. The summed E-state index contributed by atoms with van der Waals surface area (Å²) in [7, 11) is 0. The molecule has 0 fully saturated rings. The van der Waals surface area contributed by atoms with Crippen LogP contribution in [0.15, 0.2) is 36.5 Å². The molecule has 66 heavy (non-hydrogen) atoms. The van der Waals surface area contributed by atoms with Gasteiger partial charge < -0.3 is 20.3 Å². The first-order chi connectivity index (χ1) is 32.5. The molecular formula is C60H113NO5. The summed E-state index contributed by atoms with van der Waals surface area (Å²) < 4.78 is 5.95. The van der Waals surface area contributed by atoms with Gasteiger partial charge in [-0.25, -0.2) is 0 Å². The molecule has 1 amide bonds. The summed E-state index contributed by atoms with van der Waals surface area (Å²) in [5.41, 5.74) is 0. The molecular weight excluding hydrogens is 815 g/mol. The molecule has 0 aliphatic rings. The Morgan fingerprint density at radius 2 is 0.773 bits per heavy atom. The number of nitrogens with one attached hydrogen (secondary N) is 1. The zero-order valence-electron chi connectivity index (χ0n) is 44.3. The molecule has 0 aliphatic heterocycles. The quantitative estimate of drug-likeness (QED) is 0.0244. The first-order valence-electron chi connectivity index (χ1n) is 29.2. The fraction of sp³-hybridized carbons (Fsp3) is 0.867. The highest BCUT2D eigenvalue weighted by Gasteiger charge is 2.24. The number of unbranched alkanes of at least 4 members (excludes halogenated alkanes) is 36. The van der Waals surface area contributed by atoms with Gasteiger partial charge in [0.2, 0.25) is 5.91 Å². The van der Waals surface area contributed by atoms with Crippen molar-refractivity contribution in [2.24, 2.45) is 0 Å². The number of aliphatic hydroxyl groups excluding tert-OH is 2. The highest BCUT2D eigenvalue weighted by atomic mass is 16.5. The van der Waals surface area contributed by atoms with Gasteiger partial charge in [-0.15, -0.1) is 0 Å². The van der Waals surface area contributed by atoms with E-state index in [4.69, 9.17) is 4.74 Å².